The summed E-state index contributed by atoms with van der Waals surface area (Å²) in [6.45, 7) is 2.69. The first kappa shape index (κ1) is 19.0. The van der Waals surface area contributed by atoms with Crippen LogP contribution in [0.4, 0.5) is 0 Å². The molecule has 2 amide bonds. The summed E-state index contributed by atoms with van der Waals surface area (Å²) in [5.74, 6) is 0.381. The van der Waals surface area contributed by atoms with Gasteiger partial charge in [0.15, 0.2) is 0 Å². The van der Waals surface area contributed by atoms with E-state index < -0.39 is 0 Å². The van der Waals surface area contributed by atoms with Crippen molar-refractivity contribution in [3.63, 3.8) is 0 Å². The number of benzene rings is 1. The van der Waals surface area contributed by atoms with Crippen molar-refractivity contribution in [2.24, 2.45) is 0 Å². The predicted octanol–water partition coefficient (Wildman–Crippen LogP) is 2.14. The monoisotopic (exact) mass is 399 g/mol. The lowest BCUT2D eigenvalue weighted by atomic mass is 10.1. The SMILES string of the molecule is CSc1ccc(CCC(=O)N2CC(n3cc(CN4CCCC4=O)nn3)C2)cc1. The van der Waals surface area contributed by atoms with E-state index >= 15 is 0 Å². The Morgan fingerprint density at radius 1 is 1.25 bits per heavy atom. The van der Waals surface area contributed by atoms with E-state index in [9.17, 15) is 9.59 Å². The molecule has 7 nitrogen and oxygen atoms in total. The highest BCUT2D eigenvalue weighted by Gasteiger charge is 2.32. The number of amides is 2. The summed E-state index contributed by atoms with van der Waals surface area (Å²) in [7, 11) is 0. The van der Waals surface area contributed by atoms with Crippen molar-refractivity contribution in [3.8, 4) is 0 Å². The van der Waals surface area contributed by atoms with E-state index in [-0.39, 0.29) is 17.9 Å². The summed E-state index contributed by atoms with van der Waals surface area (Å²) in [5.41, 5.74) is 2.01. The maximum Gasteiger partial charge on any atom is 0.223 e. The second-order valence-electron chi connectivity index (χ2n) is 7.41. The smallest absolute Gasteiger partial charge is 0.223 e. The summed E-state index contributed by atoms with van der Waals surface area (Å²) in [6, 6.07) is 8.57. The molecular formula is C20H25N5O2S. The average Bonchev–Trinajstić information content (AvgIpc) is 3.29. The van der Waals surface area contributed by atoms with Gasteiger partial charge in [-0.15, -0.1) is 16.9 Å². The lowest BCUT2D eigenvalue weighted by molar-refractivity contribution is -0.137. The zero-order chi connectivity index (χ0) is 19.5. The first-order valence-corrected chi connectivity index (χ1v) is 10.9. The normalized spacial score (nSPS) is 17.2. The Balaban J connectivity index is 1.22. The number of nitrogens with zero attached hydrogens (tertiary/aromatic N) is 5. The van der Waals surface area contributed by atoms with Crippen molar-refractivity contribution < 1.29 is 9.59 Å². The van der Waals surface area contributed by atoms with Gasteiger partial charge in [0.25, 0.3) is 0 Å². The molecule has 2 fully saturated rings. The van der Waals surface area contributed by atoms with Crippen LogP contribution in [-0.4, -0.2) is 62.5 Å². The van der Waals surface area contributed by atoms with E-state index in [1.54, 1.807) is 11.8 Å². The third-order valence-corrected chi connectivity index (χ3v) is 6.20. The van der Waals surface area contributed by atoms with Gasteiger partial charge < -0.3 is 9.80 Å². The number of carbonyl (C=O) groups is 2. The maximum absolute atomic E-state index is 12.4. The molecule has 0 atom stereocenters. The molecule has 0 N–H and O–H groups in total. The van der Waals surface area contributed by atoms with E-state index in [0.717, 1.165) is 25.1 Å². The number of carbonyl (C=O) groups excluding carboxylic acids is 2. The van der Waals surface area contributed by atoms with Gasteiger partial charge in [0, 0.05) is 37.4 Å². The molecule has 28 heavy (non-hydrogen) atoms. The van der Waals surface area contributed by atoms with Crippen LogP contribution in [0.2, 0.25) is 0 Å². The topological polar surface area (TPSA) is 71.3 Å². The molecule has 0 spiro atoms. The van der Waals surface area contributed by atoms with Gasteiger partial charge >= 0.3 is 0 Å². The Labute approximate surface area is 169 Å². The third kappa shape index (κ3) is 4.22. The van der Waals surface area contributed by atoms with Crippen LogP contribution in [0.25, 0.3) is 0 Å². The average molecular weight is 400 g/mol. The standard InChI is InChI=1S/C20H25N5O2S/c1-28-18-7-4-15(5-8-18)6-9-20(27)24-13-17(14-24)25-12-16(21-22-25)11-23-10-2-3-19(23)26/h4-5,7-8,12,17H,2-3,6,9-11,13-14H2,1H3. The molecule has 0 unspecified atom stereocenters. The number of hydrogen-bond donors (Lipinski definition) is 0. The Hall–Kier alpha value is -2.35. The van der Waals surface area contributed by atoms with Gasteiger partial charge in [-0.1, -0.05) is 17.3 Å². The molecule has 2 aliphatic heterocycles. The minimum atomic E-state index is 0.181. The maximum atomic E-state index is 12.4. The second kappa shape index (κ2) is 8.34. The Bertz CT molecular complexity index is 845. The molecule has 0 bridgehead atoms. The fourth-order valence-corrected chi connectivity index (χ4v) is 4.07. The molecule has 148 valence electrons. The van der Waals surface area contributed by atoms with Gasteiger partial charge in [0.2, 0.25) is 11.8 Å². The lowest BCUT2D eigenvalue weighted by Crippen LogP contribution is -2.51. The summed E-state index contributed by atoms with van der Waals surface area (Å²) < 4.78 is 1.83. The fourth-order valence-electron chi connectivity index (χ4n) is 3.66. The number of rotatable bonds is 7. The number of aromatic nitrogens is 3. The zero-order valence-electron chi connectivity index (χ0n) is 16.1. The van der Waals surface area contributed by atoms with Crippen LogP contribution >= 0.6 is 11.8 Å². The Kier molecular flexibility index (Phi) is 5.66. The van der Waals surface area contributed by atoms with E-state index in [1.165, 1.54) is 10.5 Å². The predicted molar refractivity (Wildman–Crippen MR) is 107 cm³/mol. The molecule has 1 aromatic heterocycles. The van der Waals surface area contributed by atoms with E-state index in [1.807, 2.05) is 20.7 Å². The summed E-state index contributed by atoms with van der Waals surface area (Å²) >= 11 is 1.72. The van der Waals surface area contributed by atoms with E-state index in [0.29, 0.717) is 32.5 Å². The quantitative estimate of drug-likeness (QED) is 0.667. The molecule has 1 aromatic carbocycles. The summed E-state index contributed by atoms with van der Waals surface area (Å²) in [5, 5.41) is 8.39. The molecule has 8 heteroatoms. The minimum Gasteiger partial charge on any atom is -0.338 e. The molecular weight excluding hydrogens is 374 g/mol. The van der Waals surface area contributed by atoms with Crippen molar-refractivity contribution in [1.82, 2.24) is 24.8 Å². The molecule has 4 rings (SSSR count). The first-order chi connectivity index (χ1) is 13.6. The van der Waals surface area contributed by atoms with Crippen molar-refractivity contribution in [3.05, 3.63) is 41.7 Å². The van der Waals surface area contributed by atoms with E-state index in [2.05, 4.69) is 40.8 Å². The van der Waals surface area contributed by atoms with Gasteiger partial charge in [-0.3, -0.25) is 9.59 Å². The number of aryl methyl sites for hydroxylation is 1. The highest BCUT2D eigenvalue weighted by atomic mass is 32.2. The van der Waals surface area contributed by atoms with Crippen molar-refractivity contribution in [2.75, 3.05) is 25.9 Å². The van der Waals surface area contributed by atoms with Crippen molar-refractivity contribution >= 4 is 23.6 Å². The first-order valence-electron chi connectivity index (χ1n) is 9.71. The van der Waals surface area contributed by atoms with Crippen LogP contribution < -0.4 is 0 Å². The molecule has 0 saturated carbocycles. The molecule has 2 aliphatic rings. The third-order valence-electron chi connectivity index (χ3n) is 5.46. The fraction of sp³-hybridized carbons (Fsp3) is 0.500. The number of hydrogen-bond acceptors (Lipinski definition) is 5. The highest BCUT2D eigenvalue weighted by molar-refractivity contribution is 7.98. The van der Waals surface area contributed by atoms with Crippen LogP contribution in [0.3, 0.4) is 0 Å². The van der Waals surface area contributed by atoms with Gasteiger partial charge in [0.1, 0.15) is 5.69 Å². The van der Waals surface area contributed by atoms with Crippen LogP contribution in [0, 0.1) is 0 Å². The Morgan fingerprint density at radius 2 is 2.04 bits per heavy atom. The molecule has 3 heterocycles. The summed E-state index contributed by atoms with van der Waals surface area (Å²) in [4.78, 5) is 29.1. The van der Waals surface area contributed by atoms with E-state index in [4.69, 9.17) is 0 Å². The van der Waals surface area contributed by atoms with Gasteiger partial charge in [0.05, 0.1) is 18.8 Å². The largest absolute Gasteiger partial charge is 0.338 e. The minimum absolute atomic E-state index is 0.181. The van der Waals surface area contributed by atoms with Crippen molar-refractivity contribution in [2.45, 2.75) is 43.2 Å². The van der Waals surface area contributed by atoms with Crippen LogP contribution in [0.1, 0.15) is 36.6 Å². The Morgan fingerprint density at radius 3 is 2.71 bits per heavy atom. The molecule has 2 saturated heterocycles. The second-order valence-corrected chi connectivity index (χ2v) is 8.29. The highest BCUT2D eigenvalue weighted by Crippen LogP contribution is 2.23. The van der Waals surface area contributed by atoms with Crippen molar-refractivity contribution in [1.29, 1.82) is 0 Å². The van der Waals surface area contributed by atoms with Crippen LogP contribution in [0.5, 0.6) is 0 Å². The summed E-state index contributed by atoms with van der Waals surface area (Å²) in [6.07, 6.45) is 6.83. The number of thioether (sulfide) groups is 1. The number of likely N-dealkylation sites (tertiary alicyclic amines) is 2. The van der Waals surface area contributed by atoms with Crippen LogP contribution in [0.15, 0.2) is 35.4 Å². The van der Waals surface area contributed by atoms with Gasteiger partial charge in [-0.25, -0.2) is 4.68 Å². The molecule has 0 radical (unpaired) electrons. The van der Waals surface area contributed by atoms with Crippen LogP contribution in [-0.2, 0) is 22.6 Å². The molecule has 0 aliphatic carbocycles. The van der Waals surface area contributed by atoms with Gasteiger partial charge in [-0.2, -0.15) is 0 Å². The zero-order valence-corrected chi connectivity index (χ0v) is 16.9. The van der Waals surface area contributed by atoms with Gasteiger partial charge in [-0.05, 0) is 36.8 Å². The lowest BCUT2D eigenvalue weighted by Gasteiger charge is -2.39. The molecule has 2 aromatic rings.